The van der Waals surface area contributed by atoms with E-state index in [9.17, 15) is 4.79 Å². The number of nitrogens with zero attached hydrogens (tertiary/aromatic N) is 3. The minimum Gasteiger partial charge on any atom is -0.492 e. The van der Waals surface area contributed by atoms with Gasteiger partial charge in [-0.25, -0.2) is 4.79 Å². The third-order valence-corrected chi connectivity index (χ3v) is 7.61. The summed E-state index contributed by atoms with van der Waals surface area (Å²) in [5.41, 5.74) is 4.55. The molecular weight excluding hydrogens is 528 g/mol. The highest BCUT2D eigenvalue weighted by molar-refractivity contribution is 9.10. The van der Waals surface area contributed by atoms with Crippen molar-refractivity contribution < 1.29 is 9.53 Å². The second-order valence-corrected chi connectivity index (χ2v) is 10.5. The van der Waals surface area contributed by atoms with Gasteiger partial charge in [0.1, 0.15) is 5.75 Å². The summed E-state index contributed by atoms with van der Waals surface area (Å²) >= 11 is 10.2. The molecule has 2 aliphatic heterocycles. The van der Waals surface area contributed by atoms with Crippen molar-refractivity contribution in [2.45, 2.75) is 19.3 Å². The van der Waals surface area contributed by atoms with Gasteiger partial charge in [-0.15, -0.1) is 0 Å². The van der Waals surface area contributed by atoms with Crippen molar-refractivity contribution in [3.63, 3.8) is 0 Å². The molecule has 0 aliphatic carbocycles. The quantitative estimate of drug-likeness (QED) is 0.391. The van der Waals surface area contributed by atoms with Gasteiger partial charge in [-0.2, -0.15) is 0 Å². The average molecular weight is 556 g/mol. The molecule has 1 atom stereocenters. The molecule has 1 saturated heterocycles. The van der Waals surface area contributed by atoms with Crippen LogP contribution in [0.25, 0.3) is 11.1 Å². The van der Waals surface area contributed by atoms with E-state index in [1.54, 1.807) is 23.4 Å². The van der Waals surface area contributed by atoms with Gasteiger partial charge in [-0.05, 0) is 90.2 Å². The van der Waals surface area contributed by atoms with E-state index in [4.69, 9.17) is 16.3 Å². The number of ether oxygens (including phenoxy) is 1. The number of rotatable bonds is 5. The number of hydrogen-bond acceptors (Lipinski definition) is 4. The standard InChI is InChI=1S/C27H28BrClN4O2/c1-32-11-2-3-18(16-32)17-35-26-15-25-20(13-23(26)28)8-12-33(25)27(34)31-21-4-5-22(24(29)14-21)19-6-9-30-10-7-19/h4-7,9-10,13-15,18H,2-3,8,11-12,16-17H2,1H3,(H,31,34). The number of hydrogen-bond donors (Lipinski definition) is 1. The van der Waals surface area contributed by atoms with Crippen LogP contribution in [0.4, 0.5) is 16.2 Å². The predicted molar refractivity (Wildman–Crippen MR) is 145 cm³/mol. The molecule has 6 nitrogen and oxygen atoms in total. The number of aromatic nitrogens is 1. The van der Waals surface area contributed by atoms with Crippen LogP contribution in [-0.4, -0.2) is 49.2 Å². The van der Waals surface area contributed by atoms with Crippen molar-refractivity contribution in [1.82, 2.24) is 9.88 Å². The zero-order valence-corrected chi connectivity index (χ0v) is 22.0. The van der Waals surface area contributed by atoms with Crippen molar-refractivity contribution in [3.8, 4) is 16.9 Å². The van der Waals surface area contributed by atoms with Gasteiger partial charge in [0.05, 0.1) is 21.8 Å². The van der Waals surface area contributed by atoms with Crippen LogP contribution in [-0.2, 0) is 6.42 Å². The fraction of sp³-hybridized carbons (Fsp3) is 0.333. The summed E-state index contributed by atoms with van der Waals surface area (Å²) in [5.74, 6) is 1.30. The predicted octanol–water partition coefficient (Wildman–Crippen LogP) is 6.48. The number of pyridine rings is 1. The van der Waals surface area contributed by atoms with E-state index in [2.05, 4.69) is 44.2 Å². The number of carbonyl (C=O) groups is 1. The SMILES string of the molecule is CN1CCCC(COc2cc3c(cc2Br)CCN3C(=O)Nc2ccc(-c3ccncc3)c(Cl)c2)C1. The highest BCUT2D eigenvalue weighted by atomic mass is 79.9. The summed E-state index contributed by atoms with van der Waals surface area (Å²) in [5, 5.41) is 3.57. The maximum Gasteiger partial charge on any atom is 0.326 e. The molecule has 35 heavy (non-hydrogen) atoms. The molecule has 0 saturated carbocycles. The van der Waals surface area contributed by atoms with Gasteiger partial charge >= 0.3 is 6.03 Å². The van der Waals surface area contributed by atoms with E-state index < -0.39 is 0 Å². The molecule has 3 aromatic rings. The molecule has 8 heteroatoms. The normalized spacial score (nSPS) is 17.8. The van der Waals surface area contributed by atoms with E-state index in [0.29, 0.717) is 29.8 Å². The van der Waals surface area contributed by atoms with Crippen LogP contribution in [0.2, 0.25) is 5.02 Å². The summed E-state index contributed by atoms with van der Waals surface area (Å²) in [7, 11) is 2.16. The van der Waals surface area contributed by atoms with Crippen LogP contribution in [0.15, 0.2) is 59.3 Å². The third kappa shape index (κ3) is 5.47. The molecular formula is C27H28BrClN4O2. The molecule has 3 heterocycles. The van der Waals surface area contributed by atoms with Crippen LogP contribution in [0.1, 0.15) is 18.4 Å². The number of halogens is 2. The molecule has 2 aliphatic rings. The second kappa shape index (κ2) is 10.6. The number of fused-ring (bicyclic) bond motifs is 1. The highest BCUT2D eigenvalue weighted by Crippen LogP contribution is 2.38. The molecule has 182 valence electrons. The largest absolute Gasteiger partial charge is 0.492 e. The van der Waals surface area contributed by atoms with Crippen molar-refractivity contribution in [2.75, 3.05) is 43.5 Å². The van der Waals surface area contributed by atoms with Crippen molar-refractivity contribution in [1.29, 1.82) is 0 Å². The van der Waals surface area contributed by atoms with E-state index in [1.807, 2.05) is 30.3 Å². The number of carbonyl (C=O) groups excluding carboxylic acids is 1. The van der Waals surface area contributed by atoms with Crippen molar-refractivity contribution in [2.24, 2.45) is 5.92 Å². The number of benzene rings is 2. The lowest BCUT2D eigenvalue weighted by molar-refractivity contribution is 0.150. The number of anilines is 2. The summed E-state index contributed by atoms with van der Waals surface area (Å²) in [6.07, 6.45) is 6.66. The Kier molecular flexibility index (Phi) is 7.27. The topological polar surface area (TPSA) is 57.7 Å². The summed E-state index contributed by atoms with van der Waals surface area (Å²) < 4.78 is 7.14. The number of amides is 2. The first-order valence-electron chi connectivity index (χ1n) is 11.9. The van der Waals surface area contributed by atoms with Crippen LogP contribution in [0.5, 0.6) is 5.75 Å². The molecule has 2 aromatic carbocycles. The molecule has 2 amide bonds. The first-order chi connectivity index (χ1) is 17.0. The zero-order chi connectivity index (χ0) is 24.4. The van der Waals surface area contributed by atoms with Gasteiger partial charge in [0.2, 0.25) is 0 Å². The minimum atomic E-state index is -0.182. The first-order valence-corrected chi connectivity index (χ1v) is 13.1. The lowest BCUT2D eigenvalue weighted by atomic mass is 9.99. The Morgan fingerprint density at radius 1 is 1.20 bits per heavy atom. The Morgan fingerprint density at radius 3 is 2.80 bits per heavy atom. The number of piperidine rings is 1. The van der Waals surface area contributed by atoms with E-state index in [0.717, 1.165) is 52.1 Å². The third-order valence-electron chi connectivity index (χ3n) is 6.68. The summed E-state index contributed by atoms with van der Waals surface area (Å²) in [4.78, 5) is 21.4. The number of urea groups is 1. The van der Waals surface area contributed by atoms with Gasteiger partial charge in [0.15, 0.2) is 0 Å². The molecule has 5 rings (SSSR count). The Labute approximate surface area is 219 Å². The van der Waals surface area contributed by atoms with Gasteiger partial charge in [0.25, 0.3) is 0 Å². The van der Waals surface area contributed by atoms with E-state index in [-0.39, 0.29) is 6.03 Å². The Hall–Kier alpha value is -2.61. The molecule has 0 bridgehead atoms. The maximum absolute atomic E-state index is 13.2. The molecule has 1 unspecified atom stereocenters. The fourth-order valence-electron chi connectivity index (χ4n) is 4.88. The van der Waals surface area contributed by atoms with Crippen LogP contribution in [0.3, 0.4) is 0 Å². The molecule has 1 N–H and O–H groups in total. The lowest BCUT2D eigenvalue weighted by Gasteiger charge is -2.29. The summed E-state index contributed by atoms with van der Waals surface area (Å²) in [6, 6.07) is 13.3. The van der Waals surface area contributed by atoms with Gasteiger partial charge in [-0.1, -0.05) is 17.7 Å². The van der Waals surface area contributed by atoms with Crippen LogP contribution in [0, 0.1) is 5.92 Å². The Bertz CT molecular complexity index is 1220. The van der Waals surface area contributed by atoms with Crippen molar-refractivity contribution in [3.05, 3.63) is 69.9 Å². The van der Waals surface area contributed by atoms with E-state index >= 15 is 0 Å². The second-order valence-electron chi connectivity index (χ2n) is 9.26. The molecule has 1 aromatic heterocycles. The number of nitrogens with one attached hydrogen (secondary N) is 1. The Morgan fingerprint density at radius 2 is 2.03 bits per heavy atom. The van der Waals surface area contributed by atoms with Gasteiger partial charge in [0, 0.05) is 48.7 Å². The van der Waals surface area contributed by atoms with Crippen molar-refractivity contribution >= 4 is 44.9 Å². The average Bonchev–Trinajstić information content (AvgIpc) is 3.26. The van der Waals surface area contributed by atoms with Crippen LogP contribution >= 0.6 is 27.5 Å². The first kappa shape index (κ1) is 24.1. The number of likely N-dealkylation sites (tertiary alicyclic amines) is 1. The highest BCUT2D eigenvalue weighted by Gasteiger charge is 2.27. The summed E-state index contributed by atoms with van der Waals surface area (Å²) in [6.45, 7) is 3.50. The zero-order valence-electron chi connectivity index (χ0n) is 19.6. The van der Waals surface area contributed by atoms with Gasteiger partial charge in [-0.3, -0.25) is 9.88 Å². The van der Waals surface area contributed by atoms with Crippen LogP contribution < -0.4 is 15.0 Å². The Balaban J connectivity index is 1.28. The fourth-order valence-corrected chi connectivity index (χ4v) is 5.67. The maximum atomic E-state index is 13.2. The molecule has 0 spiro atoms. The van der Waals surface area contributed by atoms with Gasteiger partial charge < -0.3 is 15.0 Å². The monoisotopic (exact) mass is 554 g/mol. The molecule has 1 fully saturated rings. The lowest BCUT2D eigenvalue weighted by Crippen LogP contribution is -2.35. The molecule has 0 radical (unpaired) electrons. The smallest absolute Gasteiger partial charge is 0.326 e. The minimum absolute atomic E-state index is 0.182. The van der Waals surface area contributed by atoms with E-state index in [1.165, 1.54) is 12.8 Å².